The fourth-order valence-corrected chi connectivity index (χ4v) is 1.68. The lowest BCUT2D eigenvalue weighted by atomic mass is 10.2. The Morgan fingerprint density at radius 2 is 1.68 bits per heavy atom. The Kier molecular flexibility index (Phi) is 3.80. The fourth-order valence-electron chi connectivity index (χ4n) is 1.68. The maximum atomic E-state index is 5.83. The van der Waals surface area contributed by atoms with Crippen LogP contribution in [0.3, 0.4) is 0 Å². The normalized spacial score (nSPS) is 10.1. The van der Waals surface area contributed by atoms with Gasteiger partial charge in [-0.3, -0.25) is 0 Å². The van der Waals surface area contributed by atoms with Gasteiger partial charge in [0.2, 0.25) is 5.75 Å². The quantitative estimate of drug-likeness (QED) is 0.856. The van der Waals surface area contributed by atoms with E-state index in [0.717, 1.165) is 11.3 Å². The van der Waals surface area contributed by atoms with E-state index in [0.29, 0.717) is 23.0 Å². The van der Waals surface area contributed by atoms with Gasteiger partial charge in [0.05, 0.1) is 14.2 Å². The first-order valence-corrected chi connectivity index (χ1v) is 5.81. The van der Waals surface area contributed by atoms with E-state index in [1.54, 1.807) is 38.5 Å². The highest BCUT2D eigenvalue weighted by atomic mass is 16.5. The van der Waals surface area contributed by atoms with Crippen LogP contribution in [0.25, 0.3) is 0 Å². The predicted octanol–water partition coefficient (Wildman–Crippen LogP) is 3.19. The minimum Gasteiger partial charge on any atom is -0.493 e. The number of hydrogen-bond donors (Lipinski definition) is 1. The molecule has 0 fully saturated rings. The Labute approximate surface area is 112 Å². The second-order valence-electron chi connectivity index (χ2n) is 4.04. The van der Waals surface area contributed by atoms with E-state index < -0.39 is 0 Å². The van der Waals surface area contributed by atoms with Crippen molar-refractivity contribution in [3.63, 3.8) is 0 Å². The lowest BCUT2D eigenvalue weighted by Gasteiger charge is -2.14. The summed E-state index contributed by atoms with van der Waals surface area (Å²) < 4.78 is 16.3. The molecule has 2 N–H and O–H groups in total. The van der Waals surface area contributed by atoms with Crippen LogP contribution >= 0.6 is 0 Å². The van der Waals surface area contributed by atoms with Crippen molar-refractivity contribution in [2.75, 3.05) is 20.0 Å². The summed E-state index contributed by atoms with van der Waals surface area (Å²) in [6.07, 6.45) is 0. The van der Waals surface area contributed by atoms with Gasteiger partial charge in [-0.1, -0.05) is 0 Å². The average Bonchev–Trinajstić information content (AvgIpc) is 2.43. The van der Waals surface area contributed by atoms with E-state index in [1.807, 2.05) is 13.0 Å². The smallest absolute Gasteiger partial charge is 0.211 e. The molecule has 0 atom stereocenters. The zero-order valence-corrected chi connectivity index (χ0v) is 11.2. The van der Waals surface area contributed by atoms with Gasteiger partial charge in [-0.2, -0.15) is 0 Å². The zero-order valence-electron chi connectivity index (χ0n) is 11.2. The number of methoxy groups -OCH3 is 2. The number of hydrogen-bond acceptors (Lipinski definition) is 4. The van der Waals surface area contributed by atoms with Crippen LogP contribution in [0.15, 0.2) is 30.3 Å². The number of anilines is 1. The third-order valence-corrected chi connectivity index (χ3v) is 2.78. The molecular weight excluding hydrogens is 242 g/mol. The van der Waals surface area contributed by atoms with Gasteiger partial charge in [0.1, 0.15) is 5.75 Å². The number of ether oxygens (including phenoxy) is 3. The van der Waals surface area contributed by atoms with Crippen LogP contribution in [0.5, 0.6) is 23.0 Å². The van der Waals surface area contributed by atoms with Crippen molar-refractivity contribution in [2.45, 2.75) is 6.92 Å². The number of benzene rings is 2. The lowest BCUT2D eigenvalue weighted by Crippen LogP contribution is -1.95. The van der Waals surface area contributed by atoms with Crippen molar-refractivity contribution in [1.29, 1.82) is 0 Å². The molecule has 2 aromatic rings. The monoisotopic (exact) mass is 258 g/mol. The second kappa shape index (κ2) is 5.52. The summed E-state index contributed by atoms with van der Waals surface area (Å²) in [4.78, 5) is 0. The molecule has 0 bridgehead atoms. The summed E-state index contributed by atoms with van der Waals surface area (Å²) in [6.45, 7) is 1.93. The van der Waals surface area contributed by atoms with E-state index in [4.69, 9.17) is 19.9 Å². The molecule has 0 heterocycles. The molecule has 0 aromatic heterocycles. The van der Waals surface area contributed by atoms with E-state index in [2.05, 4.69) is 6.07 Å². The number of nitrogen functional groups attached to an aromatic ring is 1. The van der Waals surface area contributed by atoms with Gasteiger partial charge in [-0.25, -0.2) is 0 Å². The topological polar surface area (TPSA) is 53.7 Å². The summed E-state index contributed by atoms with van der Waals surface area (Å²) in [7, 11) is 3.15. The van der Waals surface area contributed by atoms with Gasteiger partial charge in [0.25, 0.3) is 0 Å². The van der Waals surface area contributed by atoms with Crippen LogP contribution in [0.4, 0.5) is 5.69 Å². The van der Waals surface area contributed by atoms with E-state index in [-0.39, 0.29) is 0 Å². The molecular formula is C15H16NO3. The molecule has 4 nitrogen and oxygen atoms in total. The summed E-state index contributed by atoms with van der Waals surface area (Å²) in [6, 6.07) is 11.8. The highest BCUT2D eigenvalue weighted by Gasteiger charge is 2.12. The van der Waals surface area contributed by atoms with Crippen molar-refractivity contribution >= 4 is 5.69 Å². The Hall–Kier alpha value is -2.36. The summed E-state index contributed by atoms with van der Waals surface area (Å²) in [5.41, 5.74) is 7.47. The molecule has 19 heavy (non-hydrogen) atoms. The third kappa shape index (κ3) is 2.73. The van der Waals surface area contributed by atoms with E-state index >= 15 is 0 Å². The lowest BCUT2D eigenvalue weighted by molar-refractivity contribution is 0.346. The Morgan fingerprint density at radius 3 is 2.21 bits per heavy atom. The minimum absolute atomic E-state index is 0.521. The first kappa shape index (κ1) is 13.1. The van der Waals surface area contributed by atoms with Gasteiger partial charge in [0, 0.05) is 5.69 Å². The van der Waals surface area contributed by atoms with Crippen LogP contribution in [0.2, 0.25) is 0 Å². The summed E-state index contributed by atoms with van der Waals surface area (Å²) in [5.74, 6) is 2.32. The fraction of sp³-hybridized carbons (Fsp3) is 0.200. The molecule has 0 spiro atoms. The maximum Gasteiger partial charge on any atom is 0.211 e. The van der Waals surface area contributed by atoms with Gasteiger partial charge in [-0.15, -0.1) is 0 Å². The molecule has 0 unspecified atom stereocenters. The predicted molar refractivity (Wildman–Crippen MR) is 74.0 cm³/mol. The molecule has 0 aliphatic heterocycles. The molecule has 99 valence electrons. The van der Waals surface area contributed by atoms with Crippen molar-refractivity contribution in [2.24, 2.45) is 0 Å². The van der Waals surface area contributed by atoms with Crippen LogP contribution in [-0.2, 0) is 0 Å². The molecule has 0 saturated carbocycles. The number of aryl methyl sites for hydroxylation is 1. The highest BCUT2D eigenvalue weighted by molar-refractivity contribution is 5.55. The third-order valence-electron chi connectivity index (χ3n) is 2.78. The molecule has 0 aliphatic carbocycles. The molecule has 0 saturated heterocycles. The van der Waals surface area contributed by atoms with Gasteiger partial charge in [-0.05, 0) is 48.9 Å². The largest absolute Gasteiger partial charge is 0.493 e. The van der Waals surface area contributed by atoms with E-state index in [1.165, 1.54) is 0 Å². The Balaban J connectivity index is 2.39. The summed E-state index contributed by atoms with van der Waals surface area (Å²) in [5, 5.41) is 0. The maximum absolute atomic E-state index is 5.83. The molecule has 2 aromatic carbocycles. The van der Waals surface area contributed by atoms with Crippen molar-refractivity contribution < 1.29 is 14.2 Å². The first-order chi connectivity index (χ1) is 9.15. The van der Waals surface area contributed by atoms with Gasteiger partial charge < -0.3 is 19.9 Å². The van der Waals surface area contributed by atoms with Crippen LogP contribution in [0.1, 0.15) is 5.56 Å². The molecule has 1 radical (unpaired) electrons. The van der Waals surface area contributed by atoms with Crippen molar-refractivity contribution in [3.05, 3.63) is 42.0 Å². The van der Waals surface area contributed by atoms with Crippen LogP contribution in [0, 0.1) is 13.0 Å². The van der Waals surface area contributed by atoms with E-state index in [9.17, 15) is 0 Å². The molecule has 2 rings (SSSR count). The Bertz CT molecular complexity index is 559. The van der Waals surface area contributed by atoms with Crippen LogP contribution < -0.4 is 19.9 Å². The van der Waals surface area contributed by atoms with Crippen molar-refractivity contribution in [3.8, 4) is 23.0 Å². The van der Waals surface area contributed by atoms with Crippen LogP contribution in [-0.4, -0.2) is 14.2 Å². The SMILES string of the molecule is COc1c[c]cc(OC)c1Oc1ccc(N)c(C)c1. The number of nitrogens with two attached hydrogens (primary N) is 1. The van der Waals surface area contributed by atoms with Gasteiger partial charge in [0.15, 0.2) is 11.5 Å². The molecule has 4 heteroatoms. The first-order valence-electron chi connectivity index (χ1n) is 5.81. The zero-order chi connectivity index (χ0) is 13.8. The average molecular weight is 258 g/mol. The summed E-state index contributed by atoms with van der Waals surface area (Å²) >= 11 is 0. The second-order valence-corrected chi connectivity index (χ2v) is 4.04. The van der Waals surface area contributed by atoms with Gasteiger partial charge >= 0.3 is 0 Å². The highest BCUT2D eigenvalue weighted by Crippen LogP contribution is 2.40. The van der Waals surface area contributed by atoms with Crippen molar-refractivity contribution in [1.82, 2.24) is 0 Å². The minimum atomic E-state index is 0.521. The molecule has 0 aliphatic rings. The standard InChI is InChI=1S/C15H16NO3/c1-10-9-11(7-8-12(10)16)19-15-13(17-2)5-4-6-14(15)18-3/h5-9H,16H2,1-3H3. The molecule has 0 amide bonds. The number of rotatable bonds is 4. The Morgan fingerprint density at radius 1 is 1.05 bits per heavy atom.